The average Bonchev–Trinajstić information content (AvgIpc) is 2.25. The molecule has 0 fully saturated rings. The van der Waals surface area contributed by atoms with Crippen molar-refractivity contribution in [1.82, 2.24) is 0 Å². The Balaban J connectivity index is 2.52. The molecule has 1 aromatic rings. The molecule has 0 aliphatic heterocycles. The molecular weight excluding hydrogens is 296 g/mol. The largest absolute Gasteiger partial charge is 0.389 e. The molecule has 0 atom stereocenters. The molecule has 0 unspecified atom stereocenters. The molecule has 1 aromatic carbocycles. The summed E-state index contributed by atoms with van der Waals surface area (Å²) in [5.74, 6) is 0.761. The van der Waals surface area contributed by atoms with Gasteiger partial charge in [0.2, 0.25) is 0 Å². The molecule has 0 amide bonds. The van der Waals surface area contributed by atoms with Crippen molar-refractivity contribution >= 4 is 38.8 Å². The Kier molecular flexibility index (Phi) is 5.92. The van der Waals surface area contributed by atoms with Crippen molar-refractivity contribution in [2.75, 3.05) is 11.9 Å². The van der Waals surface area contributed by atoms with Crippen LogP contribution >= 0.6 is 28.1 Å². The lowest BCUT2D eigenvalue weighted by atomic mass is 10.1. The fourth-order valence-electron chi connectivity index (χ4n) is 1.55. The molecule has 0 saturated heterocycles. The summed E-state index contributed by atoms with van der Waals surface area (Å²) >= 11 is 8.46. The van der Waals surface area contributed by atoms with E-state index in [2.05, 4.69) is 35.1 Å². The van der Waals surface area contributed by atoms with Crippen LogP contribution in [0.5, 0.6) is 0 Å². The molecule has 0 bridgehead atoms. The van der Waals surface area contributed by atoms with E-state index in [0.717, 1.165) is 28.2 Å². The molecule has 0 aliphatic carbocycles. The van der Waals surface area contributed by atoms with E-state index in [0.29, 0.717) is 4.99 Å². The second-order valence-electron chi connectivity index (χ2n) is 4.52. The molecule has 17 heavy (non-hydrogen) atoms. The van der Waals surface area contributed by atoms with E-state index < -0.39 is 0 Å². The second kappa shape index (κ2) is 6.97. The van der Waals surface area contributed by atoms with Crippen LogP contribution in [0.15, 0.2) is 22.7 Å². The van der Waals surface area contributed by atoms with Gasteiger partial charge < -0.3 is 11.1 Å². The molecule has 94 valence electrons. The third kappa shape index (κ3) is 5.04. The van der Waals surface area contributed by atoms with Gasteiger partial charge in [0.15, 0.2) is 0 Å². The molecule has 0 spiro atoms. The summed E-state index contributed by atoms with van der Waals surface area (Å²) in [6.07, 6.45) is 2.43. The van der Waals surface area contributed by atoms with E-state index in [-0.39, 0.29) is 0 Å². The zero-order chi connectivity index (χ0) is 12.8. The standard InChI is InChI=1S/C13H19BrN2S/c1-9(2)4-3-7-16-12-6-5-10(13(15)17)8-11(12)14/h5-6,8-9,16H,3-4,7H2,1-2H3,(H2,15,17). The first-order valence-corrected chi connectivity index (χ1v) is 7.04. The van der Waals surface area contributed by atoms with Crippen LogP contribution in [-0.4, -0.2) is 11.5 Å². The van der Waals surface area contributed by atoms with E-state index in [9.17, 15) is 0 Å². The number of halogens is 1. The van der Waals surface area contributed by atoms with Crippen LogP contribution in [0.1, 0.15) is 32.3 Å². The third-order valence-corrected chi connectivity index (χ3v) is 3.42. The Morgan fingerprint density at radius 3 is 2.71 bits per heavy atom. The number of rotatable bonds is 6. The van der Waals surface area contributed by atoms with Crippen molar-refractivity contribution < 1.29 is 0 Å². The van der Waals surface area contributed by atoms with E-state index in [4.69, 9.17) is 18.0 Å². The van der Waals surface area contributed by atoms with Gasteiger partial charge in [-0.25, -0.2) is 0 Å². The predicted octanol–water partition coefficient (Wildman–Crippen LogP) is 3.93. The first kappa shape index (κ1) is 14.5. The minimum absolute atomic E-state index is 0.428. The monoisotopic (exact) mass is 314 g/mol. The van der Waals surface area contributed by atoms with Gasteiger partial charge in [-0.15, -0.1) is 0 Å². The summed E-state index contributed by atoms with van der Waals surface area (Å²) in [6, 6.07) is 5.90. The van der Waals surface area contributed by atoms with Crippen molar-refractivity contribution in [3.05, 3.63) is 28.2 Å². The highest BCUT2D eigenvalue weighted by atomic mass is 79.9. The molecule has 0 aliphatic rings. The lowest BCUT2D eigenvalue weighted by molar-refractivity contribution is 0.567. The molecule has 0 saturated carbocycles. The Labute approximate surface area is 117 Å². The second-order valence-corrected chi connectivity index (χ2v) is 5.82. The zero-order valence-electron chi connectivity index (χ0n) is 10.3. The predicted molar refractivity (Wildman–Crippen MR) is 82.6 cm³/mol. The van der Waals surface area contributed by atoms with E-state index in [1.165, 1.54) is 12.8 Å². The molecule has 0 aromatic heterocycles. The molecular formula is C13H19BrN2S. The van der Waals surface area contributed by atoms with Crippen LogP contribution < -0.4 is 11.1 Å². The van der Waals surface area contributed by atoms with Crippen molar-refractivity contribution in [3.8, 4) is 0 Å². The highest BCUT2D eigenvalue weighted by molar-refractivity contribution is 9.10. The van der Waals surface area contributed by atoms with Gasteiger partial charge in [-0.2, -0.15) is 0 Å². The van der Waals surface area contributed by atoms with Gasteiger partial charge in [0.25, 0.3) is 0 Å². The smallest absolute Gasteiger partial charge is 0.104 e. The summed E-state index contributed by atoms with van der Waals surface area (Å²) in [5, 5.41) is 3.40. The normalized spacial score (nSPS) is 10.6. The number of hydrogen-bond donors (Lipinski definition) is 2. The first-order chi connectivity index (χ1) is 8.00. The van der Waals surface area contributed by atoms with Crippen molar-refractivity contribution in [3.63, 3.8) is 0 Å². The van der Waals surface area contributed by atoms with Crippen LogP contribution in [0, 0.1) is 5.92 Å². The topological polar surface area (TPSA) is 38.0 Å². The van der Waals surface area contributed by atoms with Gasteiger partial charge in [0, 0.05) is 22.3 Å². The lowest BCUT2D eigenvalue weighted by Gasteiger charge is -2.10. The van der Waals surface area contributed by atoms with Crippen molar-refractivity contribution in [2.24, 2.45) is 11.7 Å². The first-order valence-electron chi connectivity index (χ1n) is 5.84. The van der Waals surface area contributed by atoms with Gasteiger partial charge in [-0.05, 0) is 52.9 Å². The fraction of sp³-hybridized carbons (Fsp3) is 0.462. The minimum Gasteiger partial charge on any atom is -0.389 e. The number of anilines is 1. The van der Waals surface area contributed by atoms with Gasteiger partial charge in [-0.1, -0.05) is 26.1 Å². The lowest BCUT2D eigenvalue weighted by Crippen LogP contribution is -2.10. The molecule has 3 N–H and O–H groups in total. The van der Waals surface area contributed by atoms with Crippen LogP contribution in [0.3, 0.4) is 0 Å². The SMILES string of the molecule is CC(C)CCCNc1ccc(C(N)=S)cc1Br. The zero-order valence-corrected chi connectivity index (χ0v) is 12.7. The fourth-order valence-corrected chi connectivity index (χ4v) is 2.19. The summed E-state index contributed by atoms with van der Waals surface area (Å²) < 4.78 is 1.01. The maximum Gasteiger partial charge on any atom is 0.104 e. The molecule has 2 nitrogen and oxygen atoms in total. The van der Waals surface area contributed by atoms with Crippen LogP contribution in [0.4, 0.5) is 5.69 Å². The van der Waals surface area contributed by atoms with E-state index in [1.54, 1.807) is 0 Å². The summed E-state index contributed by atoms with van der Waals surface area (Å²) in [7, 11) is 0. The molecule has 1 rings (SSSR count). The van der Waals surface area contributed by atoms with E-state index >= 15 is 0 Å². The number of nitrogens with two attached hydrogens (primary N) is 1. The number of benzene rings is 1. The summed E-state index contributed by atoms with van der Waals surface area (Å²) in [4.78, 5) is 0.428. The van der Waals surface area contributed by atoms with Crippen molar-refractivity contribution in [1.29, 1.82) is 0 Å². The van der Waals surface area contributed by atoms with E-state index in [1.807, 2.05) is 18.2 Å². The minimum atomic E-state index is 0.428. The van der Waals surface area contributed by atoms with Gasteiger partial charge in [0.1, 0.15) is 4.99 Å². The maximum atomic E-state index is 5.58. The Morgan fingerprint density at radius 2 is 2.18 bits per heavy atom. The van der Waals surface area contributed by atoms with Gasteiger partial charge in [-0.3, -0.25) is 0 Å². The highest BCUT2D eigenvalue weighted by Crippen LogP contribution is 2.23. The maximum absolute atomic E-state index is 5.58. The van der Waals surface area contributed by atoms with Crippen LogP contribution in [0.25, 0.3) is 0 Å². The van der Waals surface area contributed by atoms with Gasteiger partial charge in [0.05, 0.1) is 0 Å². The number of hydrogen-bond acceptors (Lipinski definition) is 2. The third-order valence-electron chi connectivity index (χ3n) is 2.53. The summed E-state index contributed by atoms with van der Waals surface area (Å²) in [5.41, 5.74) is 7.56. The van der Waals surface area contributed by atoms with Crippen LogP contribution in [-0.2, 0) is 0 Å². The molecule has 0 heterocycles. The quantitative estimate of drug-likeness (QED) is 0.617. The van der Waals surface area contributed by atoms with Crippen molar-refractivity contribution in [2.45, 2.75) is 26.7 Å². The summed E-state index contributed by atoms with van der Waals surface area (Å²) in [6.45, 7) is 5.48. The van der Waals surface area contributed by atoms with Crippen LogP contribution in [0.2, 0.25) is 0 Å². The number of nitrogens with one attached hydrogen (secondary N) is 1. The highest BCUT2D eigenvalue weighted by Gasteiger charge is 2.03. The Bertz CT molecular complexity index is 391. The Morgan fingerprint density at radius 1 is 1.47 bits per heavy atom. The molecule has 4 heteroatoms. The van der Waals surface area contributed by atoms with Gasteiger partial charge >= 0.3 is 0 Å². The Hall–Kier alpha value is -0.610. The average molecular weight is 315 g/mol. The number of thiocarbonyl (C=S) groups is 1. The molecule has 0 radical (unpaired) electrons.